The molecule has 5 heteroatoms. The topological polar surface area (TPSA) is 62.0 Å². The van der Waals surface area contributed by atoms with Crippen LogP contribution in [-0.4, -0.2) is 36.8 Å². The van der Waals surface area contributed by atoms with Gasteiger partial charge in [0.1, 0.15) is 6.07 Å². The van der Waals surface area contributed by atoms with Crippen molar-refractivity contribution in [3.05, 3.63) is 30.7 Å². The lowest BCUT2D eigenvalue weighted by Gasteiger charge is -2.21. The molecular formula is C11H14N4O. The van der Waals surface area contributed by atoms with Crippen LogP contribution in [0, 0.1) is 11.3 Å². The lowest BCUT2D eigenvalue weighted by atomic mass is 10.3. The fraction of sp³-hybridized carbons (Fsp3) is 0.364. The molecule has 0 aliphatic carbocycles. The van der Waals surface area contributed by atoms with Crippen molar-refractivity contribution in [3.8, 4) is 6.07 Å². The van der Waals surface area contributed by atoms with E-state index in [4.69, 9.17) is 10.00 Å². The monoisotopic (exact) mass is 218 g/mol. The number of hydrogen-bond donors (Lipinski definition) is 0. The summed E-state index contributed by atoms with van der Waals surface area (Å²) in [5.41, 5.74) is 0.320. The number of hydrogen-bond acceptors (Lipinski definition) is 5. The van der Waals surface area contributed by atoms with Crippen molar-refractivity contribution in [2.24, 2.45) is 0 Å². The number of nitriles is 1. The molecule has 0 N–H and O–H groups in total. The first-order valence-electron chi connectivity index (χ1n) is 4.89. The molecule has 0 bridgehead atoms. The Balaban J connectivity index is 2.91. The molecule has 0 unspecified atom stereocenters. The van der Waals surface area contributed by atoms with Crippen molar-refractivity contribution in [2.45, 2.75) is 0 Å². The first kappa shape index (κ1) is 12.1. The van der Waals surface area contributed by atoms with Crippen LogP contribution < -0.4 is 4.90 Å². The van der Waals surface area contributed by atoms with Crippen molar-refractivity contribution in [1.29, 1.82) is 5.26 Å². The van der Waals surface area contributed by atoms with Crippen molar-refractivity contribution in [2.75, 3.05) is 31.7 Å². The summed E-state index contributed by atoms with van der Waals surface area (Å²) >= 11 is 0. The molecule has 0 amide bonds. The molecule has 0 aliphatic rings. The Hall–Kier alpha value is -1.93. The Morgan fingerprint density at radius 3 is 2.94 bits per heavy atom. The van der Waals surface area contributed by atoms with E-state index in [0.717, 1.165) is 0 Å². The van der Waals surface area contributed by atoms with E-state index in [2.05, 4.69) is 16.5 Å². The highest BCUT2D eigenvalue weighted by atomic mass is 16.5. The van der Waals surface area contributed by atoms with Crippen LogP contribution in [0.1, 0.15) is 5.69 Å². The van der Waals surface area contributed by atoms with Crippen molar-refractivity contribution in [1.82, 2.24) is 9.97 Å². The van der Waals surface area contributed by atoms with Crippen LogP contribution in [-0.2, 0) is 4.74 Å². The van der Waals surface area contributed by atoms with Crippen molar-refractivity contribution < 1.29 is 4.74 Å². The van der Waals surface area contributed by atoms with E-state index in [1.807, 2.05) is 11.0 Å². The maximum absolute atomic E-state index is 8.92. The second-order valence-electron chi connectivity index (χ2n) is 3.07. The number of anilines is 1. The minimum atomic E-state index is 0.320. The highest BCUT2D eigenvalue weighted by molar-refractivity contribution is 5.49. The summed E-state index contributed by atoms with van der Waals surface area (Å²) < 4.78 is 5.01. The summed E-state index contributed by atoms with van der Waals surface area (Å²) in [4.78, 5) is 10.0. The van der Waals surface area contributed by atoms with Gasteiger partial charge in [-0.05, 0) is 0 Å². The summed E-state index contributed by atoms with van der Waals surface area (Å²) in [5, 5.41) is 8.92. The molecule has 84 valence electrons. The molecule has 0 aromatic carbocycles. The van der Waals surface area contributed by atoms with Gasteiger partial charge in [-0.3, -0.25) is 0 Å². The maximum atomic E-state index is 8.92. The van der Waals surface area contributed by atoms with Gasteiger partial charge in [0.15, 0.2) is 11.5 Å². The van der Waals surface area contributed by atoms with Gasteiger partial charge in [-0.25, -0.2) is 9.97 Å². The Labute approximate surface area is 95.0 Å². The summed E-state index contributed by atoms with van der Waals surface area (Å²) in [7, 11) is 1.63. The molecule has 1 aromatic rings. The van der Waals surface area contributed by atoms with Crippen LogP contribution in [0.25, 0.3) is 0 Å². The lowest BCUT2D eigenvalue weighted by molar-refractivity contribution is 0.205. The van der Waals surface area contributed by atoms with Gasteiger partial charge < -0.3 is 9.64 Å². The molecule has 1 rings (SSSR count). The van der Waals surface area contributed by atoms with Crippen LogP contribution in [0.3, 0.4) is 0 Å². The molecule has 1 heterocycles. The molecule has 0 fully saturated rings. The first-order valence-corrected chi connectivity index (χ1v) is 4.89. The number of aromatic nitrogens is 2. The van der Waals surface area contributed by atoms with Gasteiger partial charge in [-0.1, -0.05) is 6.08 Å². The highest BCUT2D eigenvalue weighted by Gasteiger charge is 2.11. The Bertz CT molecular complexity index is 386. The largest absolute Gasteiger partial charge is 0.383 e. The molecule has 0 saturated heterocycles. The zero-order valence-electron chi connectivity index (χ0n) is 9.26. The maximum Gasteiger partial charge on any atom is 0.183 e. The standard InChI is InChI=1S/C11H14N4O/c1-3-6-15(7-8-16-2)11-10(9-12)13-4-5-14-11/h3-5H,1,6-8H2,2H3. The number of methoxy groups -OCH3 is 1. The normalized spacial score (nSPS) is 9.50. The summed E-state index contributed by atoms with van der Waals surface area (Å²) in [6.07, 6.45) is 4.83. The van der Waals surface area contributed by atoms with E-state index < -0.39 is 0 Å². The third-order valence-corrected chi connectivity index (χ3v) is 2.00. The summed E-state index contributed by atoms with van der Waals surface area (Å²) in [5.74, 6) is 0.571. The Morgan fingerprint density at radius 1 is 1.56 bits per heavy atom. The van der Waals surface area contributed by atoms with Gasteiger partial charge in [0.25, 0.3) is 0 Å². The third-order valence-electron chi connectivity index (χ3n) is 2.00. The molecule has 5 nitrogen and oxygen atoms in total. The number of ether oxygens (including phenoxy) is 1. The molecule has 0 radical (unpaired) electrons. The molecule has 16 heavy (non-hydrogen) atoms. The molecule has 1 aromatic heterocycles. The van der Waals surface area contributed by atoms with E-state index in [-0.39, 0.29) is 0 Å². The van der Waals surface area contributed by atoms with Crippen molar-refractivity contribution >= 4 is 5.82 Å². The van der Waals surface area contributed by atoms with Crippen molar-refractivity contribution in [3.63, 3.8) is 0 Å². The minimum absolute atomic E-state index is 0.320. The van der Waals surface area contributed by atoms with Gasteiger partial charge in [0, 0.05) is 32.6 Å². The van der Waals surface area contributed by atoms with E-state index >= 15 is 0 Å². The fourth-order valence-corrected chi connectivity index (χ4v) is 1.28. The highest BCUT2D eigenvalue weighted by Crippen LogP contribution is 2.13. The predicted molar refractivity (Wildman–Crippen MR) is 61.0 cm³/mol. The molecule has 0 saturated carbocycles. The zero-order valence-corrected chi connectivity index (χ0v) is 9.26. The average molecular weight is 218 g/mol. The first-order chi connectivity index (χ1) is 7.83. The van der Waals surface area contributed by atoms with Gasteiger partial charge in [-0.15, -0.1) is 6.58 Å². The van der Waals surface area contributed by atoms with Gasteiger partial charge in [-0.2, -0.15) is 5.26 Å². The SMILES string of the molecule is C=CCN(CCOC)c1nccnc1C#N. The quantitative estimate of drug-likeness (QED) is 0.666. The molecule has 0 spiro atoms. The fourth-order valence-electron chi connectivity index (χ4n) is 1.28. The molecule has 0 atom stereocenters. The second kappa shape index (κ2) is 6.53. The Kier molecular flexibility index (Phi) is 4.96. The van der Waals surface area contributed by atoms with Crippen LogP contribution in [0.15, 0.2) is 25.0 Å². The molecular weight excluding hydrogens is 204 g/mol. The van der Waals surface area contributed by atoms with Crippen LogP contribution in [0.2, 0.25) is 0 Å². The second-order valence-corrected chi connectivity index (χ2v) is 3.07. The van der Waals surface area contributed by atoms with E-state index in [1.54, 1.807) is 19.4 Å². The van der Waals surface area contributed by atoms with E-state index in [9.17, 15) is 0 Å². The third kappa shape index (κ3) is 3.04. The van der Waals surface area contributed by atoms with Gasteiger partial charge in [0.2, 0.25) is 0 Å². The molecule has 0 aliphatic heterocycles. The minimum Gasteiger partial charge on any atom is -0.383 e. The smallest absolute Gasteiger partial charge is 0.183 e. The van der Waals surface area contributed by atoms with Crippen LogP contribution in [0.5, 0.6) is 0 Å². The van der Waals surface area contributed by atoms with Crippen LogP contribution in [0.4, 0.5) is 5.82 Å². The Morgan fingerprint density at radius 2 is 2.31 bits per heavy atom. The average Bonchev–Trinajstić information content (AvgIpc) is 2.34. The van der Waals surface area contributed by atoms with Crippen LogP contribution >= 0.6 is 0 Å². The zero-order chi connectivity index (χ0) is 11.8. The predicted octanol–water partition coefficient (Wildman–Crippen LogP) is 0.987. The summed E-state index contributed by atoms with van der Waals surface area (Å²) in [6.45, 7) is 5.50. The van der Waals surface area contributed by atoms with E-state index in [1.165, 1.54) is 6.20 Å². The number of nitrogens with zero attached hydrogens (tertiary/aromatic N) is 4. The number of rotatable bonds is 6. The lowest BCUT2D eigenvalue weighted by Crippen LogP contribution is -2.29. The van der Waals surface area contributed by atoms with E-state index in [0.29, 0.717) is 31.2 Å². The summed E-state index contributed by atoms with van der Waals surface area (Å²) in [6, 6.07) is 2.02. The van der Waals surface area contributed by atoms with Gasteiger partial charge in [0.05, 0.1) is 6.61 Å². The van der Waals surface area contributed by atoms with Gasteiger partial charge >= 0.3 is 0 Å².